The van der Waals surface area contributed by atoms with Crippen molar-refractivity contribution in [1.29, 1.82) is 0 Å². The first-order chi connectivity index (χ1) is 8.22. The Labute approximate surface area is 120 Å². The second kappa shape index (κ2) is 6.19. The molecule has 2 nitrogen and oxygen atoms in total. The van der Waals surface area contributed by atoms with E-state index in [1.54, 1.807) is 0 Å². The molecule has 0 aliphatic carbocycles. The second-order valence-corrected chi connectivity index (χ2v) is 6.36. The normalized spacial score (nSPS) is 20.6. The number of hydrogen-bond acceptors (Lipinski definition) is 2. The van der Waals surface area contributed by atoms with E-state index in [0.29, 0.717) is 6.04 Å². The van der Waals surface area contributed by atoms with E-state index in [9.17, 15) is 0 Å². The maximum absolute atomic E-state index is 4.57. The largest absolute Gasteiger partial charge is 0.353 e. The van der Waals surface area contributed by atoms with E-state index in [1.807, 2.05) is 6.20 Å². The Hall–Kier alpha value is -0.0900. The van der Waals surface area contributed by atoms with Crippen LogP contribution in [0.1, 0.15) is 39.0 Å². The molecule has 1 atom stereocenters. The molecule has 2 rings (SSSR count). The van der Waals surface area contributed by atoms with E-state index in [4.69, 9.17) is 0 Å². The third-order valence-electron chi connectivity index (χ3n) is 3.31. The summed E-state index contributed by atoms with van der Waals surface area (Å²) < 4.78 is 2.12. The lowest BCUT2D eigenvalue weighted by Gasteiger charge is -2.37. The molecule has 0 spiro atoms. The predicted octanol–water partition coefficient (Wildman–Crippen LogP) is 4.77. The van der Waals surface area contributed by atoms with Gasteiger partial charge in [0.25, 0.3) is 0 Å². The highest BCUT2D eigenvalue weighted by atomic mass is 79.9. The zero-order valence-corrected chi connectivity index (χ0v) is 13.3. The van der Waals surface area contributed by atoms with Crippen molar-refractivity contribution in [2.45, 2.75) is 45.1 Å². The first-order valence-electron chi connectivity index (χ1n) is 6.30. The van der Waals surface area contributed by atoms with Crippen LogP contribution in [0.15, 0.2) is 21.2 Å². The first kappa shape index (κ1) is 13.3. The monoisotopic (exact) mass is 360 g/mol. The van der Waals surface area contributed by atoms with E-state index in [1.165, 1.54) is 32.1 Å². The van der Waals surface area contributed by atoms with E-state index in [0.717, 1.165) is 21.3 Å². The molecule has 1 saturated heterocycles. The Kier molecular flexibility index (Phi) is 4.86. The Balaban J connectivity index is 2.23. The van der Waals surface area contributed by atoms with E-state index < -0.39 is 0 Å². The molecule has 17 heavy (non-hydrogen) atoms. The van der Waals surface area contributed by atoms with Gasteiger partial charge in [0.15, 0.2) is 0 Å². The number of halogens is 2. The van der Waals surface area contributed by atoms with Crippen molar-refractivity contribution in [1.82, 2.24) is 4.98 Å². The summed E-state index contributed by atoms with van der Waals surface area (Å²) in [6.07, 6.45) is 8.34. The minimum atomic E-state index is 0.665. The highest BCUT2D eigenvalue weighted by Crippen LogP contribution is 2.32. The van der Waals surface area contributed by atoms with Crippen LogP contribution in [0, 0.1) is 0 Å². The van der Waals surface area contributed by atoms with Gasteiger partial charge in [0, 0.05) is 23.3 Å². The van der Waals surface area contributed by atoms with Crippen LogP contribution in [-0.2, 0) is 0 Å². The Bertz CT molecular complexity index is 380. The zero-order valence-electron chi connectivity index (χ0n) is 10.1. The number of hydrogen-bond donors (Lipinski definition) is 0. The summed E-state index contributed by atoms with van der Waals surface area (Å²) in [4.78, 5) is 7.04. The minimum Gasteiger partial charge on any atom is -0.353 e. The van der Waals surface area contributed by atoms with E-state index >= 15 is 0 Å². The van der Waals surface area contributed by atoms with Crippen molar-refractivity contribution in [2.24, 2.45) is 0 Å². The molecule has 4 heteroatoms. The van der Waals surface area contributed by atoms with Crippen LogP contribution in [0.2, 0.25) is 0 Å². The van der Waals surface area contributed by atoms with Crippen molar-refractivity contribution in [3.05, 3.63) is 21.2 Å². The molecular weight excluding hydrogens is 344 g/mol. The molecular formula is C13H18Br2N2. The molecule has 1 fully saturated rings. The molecule has 0 N–H and O–H groups in total. The highest BCUT2D eigenvalue weighted by molar-refractivity contribution is 9.11. The van der Waals surface area contributed by atoms with Gasteiger partial charge in [-0.2, -0.15) is 0 Å². The lowest BCUT2D eigenvalue weighted by atomic mass is 9.98. The van der Waals surface area contributed by atoms with Gasteiger partial charge in [-0.1, -0.05) is 13.3 Å². The second-order valence-electron chi connectivity index (χ2n) is 4.59. The zero-order chi connectivity index (χ0) is 12.3. The van der Waals surface area contributed by atoms with Crippen molar-refractivity contribution in [3.63, 3.8) is 0 Å². The Morgan fingerprint density at radius 1 is 1.41 bits per heavy atom. The molecule has 1 aromatic rings. The van der Waals surface area contributed by atoms with Gasteiger partial charge in [-0.05, 0) is 63.6 Å². The summed E-state index contributed by atoms with van der Waals surface area (Å²) in [5.74, 6) is 1.10. The Morgan fingerprint density at radius 3 is 2.94 bits per heavy atom. The smallest absolute Gasteiger partial charge is 0.143 e. The summed E-state index contributed by atoms with van der Waals surface area (Å²) in [6.45, 7) is 3.40. The van der Waals surface area contributed by atoms with Crippen LogP contribution >= 0.6 is 31.9 Å². The van der Waals surface area contributed by atoms with Gasteiger partial charge in [0.05, 0.1) is 4.47 Å². The third kappa shape index (κ3) is 3.22. The molecule has 0 bridgehead atoms. The van der Waals surface area contributed by atoms with Crippen molar-refractivity contribution < 1.29 is 0 Å². The maximum atomic E-state index is 4.57. The maximum Gasteiger partial charge on any atom is 0.143 e. The number of rotatable bonds is 3. The van der Waals surface area contributed by atoms with Crippen LogP contribution in [0.5, 0.6) is 0 Å². The van der Waals surface area contributed by atoms with Crippen LogP contribution < -0.4 is 4.90 Å². The molecule has 1 aromatic heterocycles. The molecule has 1 aliphatic heterocycles. The lowest BCUT2D eigenvalue weighted by Crippen LogP contribution is -2.40. The van der Waals surface area contributed by atoms with Gasteiger partial charge in [-0.15, -0.1) is 0 Å². The number of pyridine rings is 1. The fraction of sp³-hybridized carbons (Fsp3) is 0.615. The summed E-state index contributed by atoms with van der Waals surface area (Å²) in [5, 5.41) is 0. The first-order valence-corrected chi connectivity index (χ1v) is 7.88. The number of nitrogens with zero attached hydrogens (tertiary/aromatic N) is 2. The average Bonchev–Trinajstić information content (AvgIpc) is 2.31. The van der Waals surface area contributed by atoms with Crippen LogP contribution in [-0.4, -0.2) is 17.6 Å². The van der Waals surface area contributed by atoms with Crippen molar-refractivity contribution >= 4 is 37.7 Å². The molecule has 1 unspecified atom stereocenters. The summed E-state index contributed by atoms with van der Waals surface area (Å²) in [7, 11) is 0. The molecule has 94 valence electrons. The summed E-state index contributed by atoms with van der Waals surface area (Å²) >= 11 is 7.08. The van der Waals surface area contributed by atoms with Gasteiger partial charge >= 0.3 is 0 Å². The highest BCUT2D eigenvalue weighted by Gasteiger charge is 2.24. The van der Waals surface area contributed by atoms with Crippen molar-refractivity contribution in [3.8, 4) is 0 Å². The topological polar surface area (TPSA) is 16.1 Å². The average molecular weight is 362 g/mol. The standard InChI is InChI=1S/C13H18Br2N2/c1-2-5-11-6-3-4-7-17(11)13-12(15)8-10(14)9-16-13/h8-9,11H,2-7H2,1H3. The fourth-order valence-corrected chi connectivity index (χ4v) is 3.75. The molecule has 0 amide bonds. The van der Waals surface area contributed by atoms with Gasteiger partial charge in [-0.3, -0.25) is 0 Å². The fourth-order valence-electron chi connectivity index (χ4n) is 2.53. The van der Waals surface area contributed by atoms with Gasteiger partial charge < -0.3 is 4.90 Å². The predicted molar refractivity (Wildman–Crippen MR) is 79.5 cm³/mol. The van der Waals surface area contributed by atoms with Crippen molar-refractivity contribution in [2.75, 3.05) is 11.4 Å². The van der Waals surface area contributed by atoms with Gasteiger partial charge in [-0.25, -0.2) is 4.98 Å². The molecule has 0 radical (unpaired) electrons. The van der Waals surface area contributed by atoms with E-state index in [-0.39, 0.29) is 0 Å². The van der Waals surface area contributed by atoms with Crippen LogP contribution in [0.3, 0.4) is 0 Å². The quantitative estimate of drug-likeness (QED) is 0.771. The number of aromatic nitrogens is 1. The minimum absolute atomic E-state index is 0.665. The Morgan fingerprint density at radius 2 is 2.24 bits per heavy atom. The molecule has 1 aliphatic rings. The van der Waals surface area contributed by atoms with Gasteiger partial charge in [0.1, 0.15) is 5.82 Å². The SMILES string of the molecule is CCCC1CCCCN1c1ncc(Br)cc1Br. The molecule has 0 aromatic carbocycles. The molecule has 0 saturated carbocycles. The van der Waals surface area contributed by atoms with E-state index in [2.05, 4.69) is 54.7 Å². The van der Waals surface area contributed by atoms with Gasteiger partial charge in [0.2, 0.25) is 0 Å². The summed E-state index contributed by atoms with van der Waals surface area (Å²) in [6, 6.07) is 2.75. The van der Waals surface area contributed by atoms with Crippen LogP contribution in [0.4, 0.5) is 5.82 Å². The number of anilines is 1. The third-order valence-corrected chi connectivity index (χ3v) is 4.33. The number of piperidine rings is 1. The van der Waals surface area contributed by atoms with Crippen LogP contribution in [0.25, 0.3) is 0 Å². The lowest BCUT2D eigenvalue weighted by molar-refractivity contribution is 0.431. The summed E-state index contributed by atoms with van der Waals surface area (Å²) in [5.41, 5.74) is 0. The molecule has 2 heterocycles.